The van der Waals surface area contributed by atoms with Gasteiger partial charge in [0.2, 0.25) is 21.8 Å². The first-order valence-electron chi connectivity index (χ1n) is 9.58. The van der Waals surface area contributed by atoms with E-state index in [2.05, 4.69) is 10.0 Å². The average molecular weight is 416 g/mol. The van der Waals surface area contributed by atoms with Gasteiger partial charge in [-0.25, -0.2) is 13.1 Å². The molecule has 0 aromatic heterocycles. The summed E-state index contributed by atoms with van der Waals surface area (Å²) >= 11 is 0. The van der Waals surface area contributed by atoms with Crippen LogP contribution in [-0.2, 0) is 19.6 Å². The van der Waals surface area contributed by atoms with Crippen molar-refractivity contribution in [3.05, 3.63) is 54.1 Å². The van der Waals surface area contributed by atoms with Gasteiger partial charge in [-0.05, 0) is 49.7 Å². The maximum absolute atomic E-state index is 12.6. The van der Waals surface area contributed by atoms with E-state index in [-0.39, 0.29) is 23.1 Å². The molecule has 8 heteroatoms. The van der Waals surface area contributed by atoms with Gasteiger partial charge < -0.3 is 10.2 Å². The number of hydrogen-bond acceptors (Lipinski definition) is 4. The van der Waals surface area contributed by atoms with Crippen molar-refractivity contribution in [3.63, 3.8) is 0 Å². The zero-order valence-corrected chi connectivity index (χ0v) is 17.3. The largest absolute Gasteiger partial charge is 0.326 e. The highest BCUT2D eigenvalue weighted by molar-refractivity contribution is 7.89. The quantitative estimate of drug-likeness (QED) is 0.727. The minimum absolute atomic E-state index is 0.0857. The Morgan fingerprint density at radius 3 is 2.38 bits per heavy atom. The molecular weight excluding hydrogens is 390 g/mol. The van der Waals surface area contributed by atoms with Gasteiger partial charge >= 0.3 is 0 Å². The van der Waals surface area contributed by atoms with Gasteiger partial charge in [-0.3, -0.25) is 9.59 Å². The minimum atomic E-state index is -3.55. The van der Waals surface area contributed by atoms with Gasteiger partial charge in [0.25, 0.3) is 0 Å². The number of rotatable bonds is 7. The van der Waals surface area contributed by atoms with E-state index in [4.69, 9.17) is 0 Å². The monoisotopic (exact) mass is 415 g/mol. The number of sulfonamides is 1. The number of amides is 2. The molecule has 7 nitrogen and oxygen atoms in total. The zero-order valence-electron chi connectivity index (χ0n) is 16.5. The second kappa shape index (κ2) is 8.75. The fourth-order valence-electron chi connectivity index (χ4n) is 3.14. The first kappa shape index (κ1) is 21.0. The Morgan fingerprint density at radius 1 is 1.10 bits per heavy atom. The fourth-order valence-corrected chi connectivity index (χ4v) is 4.27. The molecule has 0 bridgehead atoms. The van der Waals surface area contributed by atoms with Crippen molar-refractivity contribution in [2.24, 2.45) is 5.92 Å². The third kappa shape index (κ3) is 5.02. The number of benzene rings is 2. The van der Waals surface area contributed by atoms with Crippen LogP contribution in [0.4, 0.5) is 11.4 Å². The Hall–Kier alpha value is -2.71. The zero-order chi connectivity index (χ0) is 21.0. The van der Waals surface area contributed by atoms with E-state index in [1.54, 1.807) is 17.0 Å². The standard InChI is InChI=1S/C21H25N3O4S/c1-3-12-22-29(27,28)19-10-6-17(7-11-19)23-21(26)16-13-20(25)24(14-16)18-8-4-15(2)5-9-18/h4-11,16,22H,3,12-14H2,1-2H3,(H,23,26). The van der Waals surface area contributed by atoms with Crippen molar-refractivity contribution in [1.29, 1.82) is 0 Å². The molecule has 1 atom stereocenters. The molecule has 1 fully saturated rings. The maximum Gasteiger partial charge on any atom is 0.240 e. The number of anilines is 2. The summed E-state index contributed by atoms with van der Waals surface area (Å²) in [6, 6.07) is 13.6. The molecule has 1 saturated heterocycles. The number of carbonyl (C=O) groups is 2. The van der Waals surface area contributed by atoms with E-state index in [1.807, 2.05) is 38.1 Å². The molecule has 0 saturated carbocycles. The number of nitrogens with zero attached hydrogens (tertiary/aromatic N) is 1. The van der Waals surface area contributed by atoms with Crippen molar-refractivity contribution in [2.45, 2.75) is 31.6 Å². The number of carbonyl (C=O) groups excluding carboxylic acids is 2. The first-order chi connectivity index (χ1) is 13.8. The predicted molar refractivity (Wildman–Crippen MR) is 112 cm³/mol. The van der Waals surface area contributed by atoms with Gasteiger partial charge in [-0.2, -0.15) is 0 Å². The molecule has 29 heavy (non-hydrogen) atoms. The van der Waals surface area contributed by atoms with Gasteiger partial charge in [0.1, 0.15) is 0 Å². The van der Waals surface area contributed by atoms with E-state index in [9.17, 15) is 18.0 Å². The summed E-state index contributed by atoms with van der Waals surface area (Å²) in [7, 11) is -3.55. The van der Waals surface area contributed by atoms with E-state index in [0.29, 0.717) is 25.2 Å². The normalized spacial score (nSPS) is 16.8. The highest BCUT2D eigenvalue weighted by atomic mass is 32.2. The van der Waals surface area contributed by atoms with Crippen LogP contribution >= 0.6 is 0 Å². The molecule has 2 aromatic rings. The number of hydrogen-bond donors (Lipinski definition) is 2. The van der Waals surface area contributed by atoms with Crippen LogP contribution in [0.2, 0.25) is 0 Å². The van der Waals surface area contributed by atoms with Crippen molar-refractivity contribution in [2.75, 3.05) is 23.3 Å². The van der Waals surface area contributed by atoms with E-state index in [1.165, 1.54) is 12.1 Å². The first-order valence-corrected chi connectivity index (χ1v) is 11.1. The lowest BCUT2D eigenvalue weighted by atomic mass is 10.1. The molecule has 2 N–H and O–H groups in total. The summed E-state index contributed by atoms with van der Waals surface area (Å²) in [6.45, 7) is 4.55. The Labute approximate surface area is 171 Å². The molecule has 0 aliphatic carbocycles. The minimum Gasteiger partial charge on any atom is -0.326 e. The van der Waals surface area contributed by atoms with Crippen molar-refractivity contribution in [1.82, 2.24) is 4.72 Å². The topological polar surface area (TPSA) is 95.6 Å². The van der Waals surface area contributed by atoms with Crippen LogP contribution in [-0.4, -0.2) is 33.3 Å². The molecular formula is C21H25N3O4S. The van der Waals surface area contributed by atoms with Gasteiger partial charge in [0.05, 0.1) is 10.8 Å². The molecule has 1 aliphatic rings. The smallest absolute Gasteiger partial charge is 0.240 e. The van der Waals surface area contributed by atoms with Crippen LogP contribution in [0.15, 0.2) is 53.4 Å². The lowest BCUT2D eigenvalue weighted by Gasteiger charge is -2.17. The summed E-state index contributed by atoms with van der Waals surface area (Å²) in [5, 5.41) is 2.77. The lowest BCUT2D eigenvalue weighted by molar-refractivity contribution is -0.122. The SMILES string of the molecule is CCCNS(=O)(=O)c1ccc(NC(=O)C2CC(=O)N(c3ccc(C)cc3)C2)cc1. The second-order valence-electron chi connectivity index (χ2n) is 7.15. The van der Waals surface area contributed by atoms with E-state index < -0.39 is 15.9 Å². The van der Waals surface area contributed by atoms with Crippen molar-refractivity contribution in [3.8, 4) is 0 Å². The maximum atomic E-state index is 12.6. The van der Waals surface area contributed by atoms with Crippen LogP contribution in [0, 0.1) is 12.8 Å². The molecule has 0 spiro atoms. The lowest BCUT2D eigenvalue weighted by Crippen LogP contribution is -2.28. The Balaban J connectivity index is 1.63. The summed E-state index contributed by atoms with van der Waals surface area (Å²) in [5.74, 6) is -0.802. The molecule has 0 radical (unpaired) electrons. The van der Waals surface area contributed by atoms with Crippen LogP contribution in [0.5, 0.6) is 0 Å². The Morgan fingerprint density at radius 2 is 1.76 bits per heavy atom. The van der Waals surface area contributed by atoms with Crippen molar-refractivity contribution < 1.29 is 18.0 Å². The molecule has 1 aliphatic heterocycles. The molecule has 2 aromatic carbocycles. The van der Waals surface area contributed by atoms with E-state index >= 15 is 0 Å². The third-order valence-electron chi connectivity index (χ3n) is 4.82. The second-order valence-corrected chi connectivity index (χ2v) is 8.92. The highest BCUT2D eigenvalue weighted by Gasteiger charge is 2.35. The van der Waals surface area contributed by atoms with Gasteiger partial charge in [0, 0.05) is 30.9 Å². The molecule has 3 rings (SSSR count). The van der Waals surface area contributed by atoms with Gasteiger partial charge in [-0.15, -0.1) is 0 Å². The average Bonchev–Trinajstić information content (AvgIpc) is 3.09. The number of aryl methyl sites for hydroxylation is 1. The van der Waals surface area contributed by atoms with E-state index in [0.717, 1.165) is 11.3 Å². The van der Waals surface area contributed by atoms with Crippen LogP contribution in [0.25, 0.3) is 0 Å². The number of nitrogens with one attached hydrogen (secondary N) is 2. The Kier molecular flexibility index (Phi) is 6.34. The van der Waals surface area contributed by atoms with Crippen molar-refractivity contribution >= 4 is 33.2 Å². The third-order valence-corrected chi connectivity index (χ3v) is 6.29. The van der Waals surface area contributed by atoms with Crippen LogP contribution in [0.3, 0.4) is 0 Å². The van der Waals surface area contributed by atoms with Gasteiger partial charge in [-0.1, -0.05) is 24.6 Å². The molecule has 154 valence electrons. The molecule has 1 heterocycles. The van der Waals surface area contributed by atoms with Gasteiger partial charge in [0.15, 0.2) is 0 Å². The highest BCUT2D eigenvalue weighted by Crippen LogP contribution is 2.26. The summed E-state index contributed by atoms with van der Waals surface area (Å²) in [5.41, 5.74) is 2.38. The molecule has 2 amide bonds. The summed E-state index contributed by atoms with van der Waals surface area (Å²) in [4.78, 5) is 26.7. The summed E-state index contributed by atoms with van der Waals surface area (Å²) < 4.78 is 26.7. The molecule has 1 unspecified atom stereocenters. The predicted octanol–water partition coefficient (Wildman–Crippen LogP) is 2.67. The van der Waals surface area contributed by atoms with Crippen LogP contribution in [0.1, 0.15) is 25.3 Å². The van der Waals surface area contributed by atoms with Crippen LogP contribution < -0.4 is 14.9 Å². The summed E-state index contributed by atoms with van der Waals surface area (Å²) in [6.07, 6.45) is 0.847. The fraction of sp³-hybridized carbons (Fsp3) is 0.333. The Bertz CT molecular complexity index is 986.